The fraction of sp³-hybridized carbons (Fsp3) is 0.312. The van der Waals surface area contributed by atoms with Crippen LogP contribution in [0.4, 0.5) is 0 Å². The van der Waals surface area contributed by atoms with E-state index in [9.17, 15) is 0 Å². The van der Waals surface area contributed by atoms with Crippen molar-refractivity contribution in [3.63, 3.8) is 0 Å². The number of hydrogen-bond acceptors (Lipinski definition) is 8. The molecular formula is C16H24N9+. The van der Waals surface area contributed by atoms with E-state index in [1.165, 1.54) is 0 Å². The second-order valence-corrected chi connectivity index (χ2v) is 6.31. The minimum atomic E-state index is -1.19. The summed E-state index contributed by atoms with van der Waals surface area (Å²) in [4.78, 5) is 0. The minimum Gasteiger partial charge on any atom is -0.382 e. The van der Waals surface area contributed by atoms with Crippen LogP contribution in [0, 0.1) is 0 Å². The summed E-state index contributed by atoms with van der Waals surface area (Å²) < 4.78 is -0.0171. The van der Waals surface area contributed by atoms with Crippen molar-refractivity contribution in [2.75, 3.05) is 7.05 Å². The van der Waals surface area contributed by atoms with E-state index in [-0.39, 0.29) is 10.5 Å². The third-order valence-electron chi connectivity index (χ3n) is 4.60. The molecule has 2 unspecified atom stereocenters. The molecule has 2 heterocycles. The van der Waals surface area contributed by atoms with Gasteiger partial charge in [-0.3, -0.25) is 11.2 Å². The zero-order valence-electron chi connectivity index (χ0n) is 14.6. The van der Waals surface area contributed by atoms with E-state index >= 15 is 0 Å². The molecule has 0 amide bonds. The van der Waals surface area contributed by atoms with E-state index in [4.69, 9.17) is 22.4 Å². The average Bonchev–Trinajstić information content (AvgIpc) is 3.04. The van der Waals surface area contributed by atoms with Crippen molar-refractivity contribution in [3.05, 3.63) is 47.8 Å². The van der Waals surface area contributed by atoms with E-state index in [1.54, 1.807) is 6.92 Å². The Morgan fingerprint density at radius 1 is 1.20 bits per heavy atom. The molecule has 1 aromatic rings. The molecule has 2 aliphatic rings. The lowest BCUT2D eigenvalue weighted by atomic mass is 10.0. The highest BCUT2D eigenvalue weighted by atomic mass is 15.9. The lowest BCUT2D eigenvalue weighted by Crippen LogP contribution is -2.74. The summed E-state index contributed by atoms with van der Waals surface area (Å²) in [5, 5.41) is 14.7. The summed E-state index contributed by atoms with van der Waals surface area (Å²) in [6, 6.07) is 9.94. The van der Waals surface area contributed by atoms with Gasteiger partial charge in [-0.1, -0.05) is 45.1 Å². The number of hydrazine groups is 1. The lowest BCUT2D eigenvalue weighted by molar-refractivity contribution is -1.00. The van der Waals surface area contributed by atoms with Gasteiger partial charge in [0.15, 0.2) is 5.84 Å². The molecule has 0 saturated heterocycles. The van der Waals surface area contributed by atoms with Gasteiger partial charge in [0.2, 0.25) is 5.66 Å². The van der Waals surface area contributed by atoms with Crippen molar-refractivity contribution < 1.29 is 4.70 Å². The molecule has 0 spiro atoms. The van der Waals surface area contributed by atoms with Gasteiger partial charge in [-0.15, -0.1) is 5.10 Å². The Balaban J connectivity index is 2.12. The van der Waals surface area contributed by atoms with E-state index in [1.807, 2.05) is 55.4 Å². The first-order valence-electron chi connectivity index (χ1n) is 7.94. The Bertz CT molecular complexity index is 775. The Morgan fingerprint density at radius 3 is 2.44 bits per heavy atom. The van der Waals surface area contributed by atoms with Crippen molar-refractivity contribution >= 4 is 17.3 Å². The van der Waals surface area contributed by atoms with Crippen LogP contribution in [0.25, 0.3) is 0 Å². The predicted molar refractivity (Wildman–Crippen MR) is 98.3 cm³/mol. The molecule has 0 aromatic heterocycles. The van der Waals surface area contributed by atoms with Gasteiger partial charge in [0.05, 0.1) is 18.3 Å². The minimum absolute atomic E-state index is 0.0171. The third-order valence-corrected chi connectivity index (χ3v) is 4.60. The highest BCUT2D eigenvalue weighted by molar-refractivity contribution is 6.15. The summed E-state index contributed by atoms with van der Waals surface area (Å²) >= 11 is 0. The molecule has 2 aliphatic heterocycles. The normalized spacial score (nSPS) is 28.6. The zero-order valence-corrected chi connectivity index (χ0v) is 14.6. The van der Waals surface area contributed by atoms with Crippen molar-refractivity contribution in [2.45, 2.75) is 26.1 Å². The second-order valence-electron chi connectivity index (χ2n) is 6.31. The predicted octanol–water partition coefficient (Wildman–Crippen LogP) is -0.0539. The maximum absolute atomic E-state index is 6.72. The van der Waals surface area contributed by atoms with Crippen LogP contribution < -0.4 is 22.7 Å². The van der Waals surface area contributed by atoms with Crippen LogP contribution in [-0.2, 0) is 6.54 Å². The van der Waals surface area contributed by atoms with Gasteiger partial charge >= 0.3 is 0 Å². The monoisotopic (exact) mass is 342 g/mol. The van der Waals surface area contributed by atoms with Crippen molar-refractivity contribution in [2.24, 2.45) is 32.6 Å². The first kappa shape index (κ1) is 17.2. The van der Waals surface area contributed by atoms with Crippen LogP contribution in [0.1, 0.15) is 19.4 Å². The number of nitrogens with two attached hydrogens (primary N) is 3. The van der Waals surface area contributed by atoms with Crippen molar-refractivity contribution in [1.82, 2.24) is 10.4 Å². The highest BCUT2D eigenvalue weighted by Gasteiger charge is 2.56. The Morgan fingerprint density at radius 2 is 1.88 bits per heavy atom. The summed E-state index contributed by atoms with van der Waals surface area (Å²) in [6.45, 7) is 4.17. The standard InChI is InChI=1S/C16H24N9/c1-11-9-14(20-19)25(3,23-11)24(10-13-7-5-4-6-8-13)16(18)12(2)21-22-15(16)17/h4-9,20H,10,18-19H2,1-3H3,(H2,17,22)/q+1. The molecule has 2 atom stereocenters. The van der Waals surface area contributed by atoms with E-state index < -0.39 is 5.66 Å². The van der Waals surface area contributed by atoms with Crippen LogP contribution in [0.3, 0.4) is 0 Å². The smallest absolute Gasteiger partial charge is 0.264 e. The molecule has 0 aliphatic carbocycles. The molecule has 0 saturated carbocycles. The van der Waals surface area contributed by atoms with Crippen LogP contribution in [-0.4, -0.2) is 39.7 Å². The second kappa shape index (κ2) is 6.05. The van der Waals surface area contributed by atoms with Crippen LogP contribution in [0.5, 0.6) is 0 Å². The Labute approximate surface area is 146 Å². The fourth-order valence-electron chi connectivity index (χ4n) is 3.17. The third kappa shape index (κ3) is 2.63. The van der Waals surface area contributed by atoms with E-state index in [2.05, 4.69) is 15.6 Å². The maximum atomic E-state index is 6.72. The number of nitrogens with one attached hydrogen (secondary N) is 1. The molecule has 1 aromatic carbocycles. The van der Waals surface area contributed by atoms with Gasteiger partial charge in [0.25, 0.3) is 5.82 Å². The number of rotatable bonds is 5. The molecule has 3 rings (SSSR count). The molecule has 9 heteroatoms. The van der Waals surface area contributed by atoms with Gasteiger partial charge in [-0.05, 0) is 19.4 Å². The van der Waals surface area contributed by atoms with Gasteiger partial charge in [-0.25, -0.2) is 5.84 Å². The lowest BCUT2D eigenvalue weighted by Gasteiger charge is -2.44. The average molecular weight is 342 g/mol. The molecule has 132 valence electrons. The quantitative estimate of drug-likeness (QED) is 0.258. The number of quaternary nitrogens is 1. The molecule has 9 nitrogen and oxygen atoms in total. The molecule has 25 heavy (non-hydrogen) atoms. The van der Waals surface area contributed by atoms with E-state index in [0.29, 0.717) is 18.1 Å². The summed E-state index contributed by atoms with van der Waals surface area (Å²) in [5.74, 6) is 6.64. The number of benzene rings is 1. The van der Waals surface area contributed by atoms with Crippen LogP contribution in [0.15, 0.2) is 57.5 Å². The first-order valence-corrected chi connectivity index (χ1v) is 7.94. The van der Waals surface area contributed by atoms with Gasteiger partial charge in [-0.2, -0.15) is 5.10 Å². The first-order chi connectivity index (χ1) is 11.8. The number of hydrogen-bond donors (Lipinski definition) is 4. The molecule has 0 fully saturated rings. The largest absolute Gasteiger partial charge is 0.382 e. The van der Waals surface area contributed by atoms with Crippen LogP contribution in [0.2, 0.25) is 0 Å². The van der Waals surface area contributed by atoms with Crippen molar-refractivity contribution in [3.8, 4) is 0 Å². The summed E-state index contributed by atoms with van der Waals surface area (Å²) in [5.41, 5.74) is 16.9. The Hall–Kier alpha value is -2.59. The highest BCUT2D eigenvalue weighted by Crippen LogP contribution is 2.32. The van der Waals surface area contributed by atoms with Gasteiger partial charge in [0.1, 0.15) is 12.8 Å². The summed E-state index contributed by atoms with van der Waals surface area (Å²) in [7, 11) is 1.89. The summed E-state index contributed by atoms with van der Waals surface area (Å²) in [6.07, 6.45) is 1.87. The molecule has 7 N–H and O–H groups in total. The SMILES string of the molecule is CC1=N[N+](C)(N(Cc2ccccc2)C2(N)C(C)=NN=C2N)C(NN)=C1. The number of allylic oxidation sites excluding steroid dienone is 1. The maximum Gasteiger partial charge on any atom is 0.264 e. The Kier molecular flexibility index (Phi) is 4.17. The van der Waals surface area contributed by atoms with Crippen LogP contribution >= 0.6 is 0 Å². The van der Waals surface area contributed by atoms with Gasteiger partial charge in [0, 0.05) is 0 Å². The topological polar surface area (TPSA) is 130 Å². The zero-order chi connectivity index (χ0) is 18.2. The number of nitrogens with zero attached hydrogens (tertiary/aromatic N) is 5. The van der Waals surface area contributed by atoms with Gasteiger partial charge < -0.3 is 5.73 Å². The van der Waals surface area contributed by atoms with Crippen molar-refractivity contribution in [1.29, 1.82) is 0 Å². The number of amidine groups is 1. The molecule has 0 bridgehead atoms. The van der Waals surface area contributed by atoms with E-state index in [0.717, 1.165) is 11.3 Å². The molecule has 0 radical (unpaired) electrons. The molecular weight excluding hydrogens is 318 g/mol. The fourth-order valence-corrected chi connectivity index (χ4v) is 3.17.